The van der Waals surface area contributed by atoms with Gasteiger partial charge in [-0.3, -0.25) is 0 Å². The van der Waals surface area contributed by atoms with Crippen molar-refractivity contribution in [3.05, 3.63) is 26.6 Å². The quantitative estimate of drug-likeness (QED) is 0.550. The maximum absolute atomic E-state index is 4.42. The Morgan fingerprint density at radius 3 is 3.00 bits per heavy atom. The molecule has 0 radical (unpaired) electrons. The molecule has 0 aliphatic carbocycles. The third kappa shape index (κ3) is 1.28. The van der Waals surface area contributed by atoms with Crippen LogP contribution in [0.5, 0.6) is 0 Å². The third-order valence-electron chi connectivity index (χ3n) is 1.88. The second-order valence-electron chi connectivity index (χ2n) is 2.67. The number of hydrogen-bond donors (Lipinski definition) is 1. The molecule has 12 heavy (non-hydrogen) atoms. The zero-order valence-electron chi connectivity index (χ0n) is 6.47. The van der Waals surface area contributed by atoms with Gasteiger partial charge < -0.3 is 0 Å². The molecule has 0 fully saturated rings. The first-order valence-corrected chi connectivity index (χ1v) is 5.96. The largest absolute Gasteiger partial charge is 0.144 e. The number of thiophene rings is 1. The molecule has 1 aromatic heterocycles. The lowest BCUT2D eigenvalue weighted by Crippen LogP contribution is -1.81. The van der Waals surface area contributed by atoms with E-state index in [-0.39, 0.29) is 0 Å². The van der Waals surface area contributed by atoms with E-state index in [0.29, 0.717) is 0 Å². The van der Waals surface area contributed by atoms with Crippen molar-refractivity contribution < 1.29 is 0 Å². The highest BCUT2D eigenvalue weighted by molar-refractivity contribution is 14.1. The lowest BCUT2D eigenvalue weighted by molar-refractivity contribution is 1.37. The van der Waals surface area contributed by atoms with Crippen LogP contribution in [0.15, 0.2) is 22.4 Å². The van der Waals surface area contributed by atoms with Crippen LogP contribution < -0.4 is 0 Å². The van der Waals surface area contributed by atoms with Crippen molar-refractivity contribution in [3.8, 4) is 0 Å². The van der Waals surface area contributed by atoms with E-state index in [1.54, 1.807) is 11.3 Å². The summed E-state index contributed by atoms with van der Waals surface area (Å²) in [5.41, 5.74) is 1.35. The lowest BCUT2D eigenvalue weighted by atomic mass is 10.2. The Bertz CT molecular complexity index is 431. The molecule has 0 aliphatic heterocycles. The van der Waals surface area contributed by atoms with E-state index < -0.39 is 0 Å². The summed E-state index contributed by atoms with van der Waals surface area (Å²) in [7, 11) is 0. The van der Waals surface area contributed by atoms with Crippen LogP contribution in [0.25, 0.3) is 10.1 Å². The lowest BCUT2D eigenvalue weighted by Gasteiger charge is -2.02. The molecule has 2 aromatic rings. The molecule has 0 bridgehead atoms. The van der Waals surface area contributed by atoms with Crippen LogP contribution in [0.1, 0.15) is 5.56 Å². The number of thiol groups is 1. The molecule has 1 heterocycles. The van der Waals surface area contributed by atoms with Gasteiger partial charge in [-0.2, -0.15) is 0 Å². The summed E-state index contributed by atoms with van der Waals surface area (Å²) in [5, 5.41) is 3.43. The number of aryl methyl sites for hydroxylation is 1. The summed E-state index contributed by atoms with van der Waals surface area (Å²) in [6.45, 7) is 2.15. The fourth-order valence-electron chi connectivity index (χ4n) is 1.24. The van der Waals surface area contributed by atoms with Gasteiger partial charge in [-0.05, 0) is 58.0 Å². The predicted molar refractivity (Wildman–Crippen MR) is 66.5 cm³/mol. The Morgan fingerprint density at radius 1 is 1.50 bits per heavy atom. The molecule has 0 N–H and O–H groups in total. The Kier molecular flexibility index (Phi) is 2.35. The highest BCUT2D eigenvalue weighted by atomic mass is 127. The monoisotopic (exact) mass is 306 g/mol. The highest BCUT2D eigenvalue weighted by Crippen LogP contribution is 2.31. The second kappa shape index (κ2) is 3.20. The molecule has 0 saturated carbocycles. The zero-order chi connectivity index (χ0) is 8.72. The Balaban J connectivity index is 2.94. The minimum Gasteiger partial charge on any atom is -0.144 e. The minimum atomic E-state index is 1.08. The summed E-state index contributed by atoms with van der Waals surface area (Å²) in [4.78, 5) is 1.08. The van der Waals surface area contributed by atoms with E-state index in [0.717, 1.165) is 4.90 Å². The van der Waals surface area contributed by atoms with Crippen LogP contribution in [0.3, 0.4) is 0 Å². The van der Waals surface area contributed by atoms with Crippen LogP contribution in [0.4, 0.5) is 0 Å². The van der Waals surface area contributed by atoms with Crippen LogP contribution in [-0.4, -0.2) is 0 Å². The van der Waals surface area contributed by atoms with Gasteiger partial charge in [-0.1, -0.05) is 0 Å². The zero-order valence-corrected chi connectivity index (χ0v) is 10.3. The van der Waals surface area contributed by atoms with Crippen molar-refractivity contribution in [2.45, 2.75) is 11.8 Å². The SMILES string of the molecule is Cc1c(I)c(S)cc2ccsc12. The average molecular weight is 306 g/mol. The minimum absolute atomic E-state index is 1.08. The molecule has 0 aliphatic rings. The maximum Gasteiger partial charge on any atom is 0.0383 e. The summed E-state index contributed by atoms with van der Waals surface area (Å²) in [5.74, 6) is 0. The van der Waals surface area contributed by atoms with Crippen molar-refractivity contribution in [2.75, 3.05) is 0 Å². The molecule has 2 rings (SSSR count). The number of halogens is 1. The molecule has 3 heteroatoms. The molecule has 0 amide bonds. The molecular formula is C9H7IS2. The molecule has 0 nitrogen and oxygen atoms in total. The van der Waals surface area contributed by atoms with Crippen LogP contribution >= 0.6 is 46.6 Å². The summed E-state index contributed by atoms with van der Waals surface area (Å²) < 4.78 is 2.66. The van der Waals surface area contributed by atoms with Crippen molar-refractivity contribution >= 4 is 56.6 Å². The molecule has 1 aromatic carbocycles. The molecule has 0 atom stereocenters. The van der Waals surface area contributed by atoms with Gasteiger partial charge in [0.05, 0.1) is 0 Å². The summed E-state index contributed by atoms with van der Waals surface area (Å²) >= 11 is 8.56. The van der Waals surface area contributed by atoms with Crippen molar-refractivity contribution in [2.24, 2.45) is 0 Å². The van der Waals surface area contributed by atoms with Gasteiger partial charge in [0, 0.05) is 13.2 Å². The van der Waals surface area contributed by atoms with E-state index in [1.807, 2.05) is 0 Å². The van der Waals surface area contributed by atoms with E-state index in [2.05, 4.69) is 59.7 Å². The number of rotatable bonds is 0. The Labute approximate surface area is 94.5 Å². The third-order valence-corrected chi connectivity index (χ3v) is 5.10. The summed E-state index contributed by atoms with van der Waals surface area (Å²) in [6.07, 6.45) is 0. The van der Waals surface area contributed by atoms with E-state index in [9.17, 15) is 0 Å². The Morgan fingerprint density at radius 2 is 2.25 bits per heavy atom. The first-order chi connectivity index (χ1) is 5.70. The van der Waals surface area contributed by atoms with E-state index >= 15 is 0 Å². The number of hydrogen-bond acceptors (Lipinski definition) is 2. The van der Waals surface area contributed by atoms with Gasteiger partial charge in [0.2, 0.25) is 0 Å². The topological polar surface area (TPSA) is 0 Å². The van der Waals surface area contributed by atoms with Crippen LogP contribution in [0.2, 0.25) is 0 Å². The van der Waals surface area contributed by atoms with Crippen LogP contribution in [-0.2, 0) is 0 Å². The molecular weight excluding hydrogens is 299 g/mol. The van der Waals surface area contributed by atoms with Gasteiger partial charge in [-0.15, -0.1) is 24.0 Å². The first-order valence-electron chi connectivity index (χ1n) is 3.55. The van der Waals surface area contributed by atoms with E-state index in [4.69, 9.17) is 0 Å². The molecule has 0 saturated heterocycles. The van der Waals surface area contributed by atoms with Gasteiger partial charge in [0.25, 0.3) is 0 Å². The number of fused-ring (bicyclic) bond motifs is 1. The summed E-state index contributed by atoms with van der Waals surface area (Å²) in [6, 6.07) is 4.27. The fraction of sp³-hybridized carbons (Fsp3) is 0.111. The van der Waals surface area contributed by atoms with E-state index in [1.165, 1.54) is 19.2 Å². The Hall–Kier alpha value is 0.260. The fourth-order valence-corrected chi connectivity index (χ4v) is 3.05. The highest BCUT2D eigenvalue weighted by Gasteiger charge is 2.05. The van der Waals surface area contributed by atoms with Crippen LogP contribution in [0, 0.1) is 10.5 Å². The van der Waals surface area contributed by atoms with Crippen molar-refractivity contribution in [1.29, 1.82) is 0 Å². The smallest absolute Gasteiger partial charge is 0.0383 e. The maximum atomic E-state index is 4.42. The molecule has 0 unspecified atom stereocenters. The molecule has 0 spiro atoms. The van der Waals surface area contributed by atoms with Gasteiger partial charge >= 0.3 is 0 Å². The number of benzene rings is 1. The van der Waals surface area contributed by atoms with Gasteiger partial charge in [-0.25, -0.2) is 0 Å². The van der Waals surface area contributed by atoms with Crippen molar-refractivity contribution in [1.82, 2.24) is 0 Å². The first kappa shape index (κ1) is 8.84. The predicted octanol–water partition coefficient (Wildman–Crippen LogP) is 4.10. The van der Waals surface area contributed by atoms with Gasteiger partial charge in [0.1, 0.15) is 0 Å². The average Bonchev–Trinajstić information content (AvgIpc) is 2.48. The standard InChI is InChI=1S/C9H7IS2/c1-5-8(10)7(11)4-6-2-3-12-9(5)6/h2-4,11H,1H3. The second-order valence-corrected chi connectivity index (χ2v) is 5.15. The molecule has 62 valence electrons. The van der Waals surface area contributed by atoms with Crippen molar-refractivity contribution in [3.63, 3.8) is 0 Å². The normalized spacial score (nSPS) is 10.9. The van der Waals surface area contributed by atoms with Gasteiger partial charge in [0.15, 0.2) is 0 Å².